The molecule has 23 heavy (non-hydrogen) atoms. The summed E-state index contributed by atoms with van der Waals surface area (Å²) in [6.07, 6.45) is 7.16. The maximum Gasteiger partial charge on any atom is 0.274 e. The van der Waals surface area contributed by atoms with Crippen molar-refractivity contribution >= 4 is 5.91 Å². The fraction of sp³-hybridized carbons (Fsp3) is 0.533. The van der Waals surface area contributed by atoms with Crippen molar-refractivity contribution in [3.63, 3.8) is 0 Å². The van der Waals surface area contributed by atoms with Gasteiger partial charge in [0.2, 0.25) is 5.89 Å². The zero-order valence-electron chi connectivity index (χ0n) is 13.1. The lowest BCUT2D eigenvalue weighted by Crippen LogP contribution is -2.45. The first-order chi connectivity index (χ1) is 11.3. The van der Waals surface area contributed by atoms with Gasteiger partial charge in [0.05, 0.1) is 12.7 Å². The molecule has 0 radical (unpaired) electrons. The summed E-state index contributed by atoms with van der Waals surface area (Å²) >= 11 is 0. The number of aryl methyl sites for hydroxylation is 1. The smallest absolute Gasteiger partial charge is 0.274 e. The van der Waals surface area contributed by atoms with Crippen LogP contribution in [0, 0.1) is 0 Å². The minimum absolute atomic E-state index is 0.0546. The molecule has 0 saturated carbocycles. The third kappa shape index (κ3) is 3.89. The highest BCUT2D eigenvalue weighted by atomic mass is 16.5. The quantitative estimate of drug-likeness (QED) is 0.872. The zero-order chi connectivity index (χ0) is 16.1. The van der Waals surface area contributed by atoms with Gasteiger partial charge < -0.3 is 14.7 Å². The van der Waals surface area contributed by atoms with E-state index in [9.17, 15) is 4.79 Å². The van der Waals surface area contributed by atoms with Gasteiger partial charge in [-0.15, -0.1) is 0 Å². The van der Waals surface area contributed by atoms with E-state index in [0.29, 0.717) is 37.3 Å². The van der Waals surface area contributed by atoms with E-state index in [0.717, 1.165) is 25.1 Å². The third-order valence-electron chi connectivity index (χ3n) is 3.93. The molecular formula is C15H20N6O2. The van der Waals surface area contributed by atoms with Crippen LogP contribution in [0.4, 0.5) is 0 Å². The summed E-state index contributed by atoms with van der Waals surface area (Å²) in [5.74, 6) is 1.28. The minimum atomic E-state index is -0.0546. The van der Waals surface area contributed by atoms with Gasteiger partial charge in [-0.2, -0.15) is 4.98 Å². The number of rotatable bonds is 5. The molecule has 0 bridgehead atoms. The van der Waals surface area contributed by atoms with Crippen LogP contribution in [-0.4, -0.2) is 50.0 Å². The molecule has 1 N–H and O–H groups in total. The van der Waals surface area contributed by atoms with Crippen molar-refractivity contribution in [2.24, 2.45) is 0 Å². The highest BCUT2D eigenvalue weighted by molar-refractivity contribution is 5.92. The van der Waals surface area contributed by atoms with Crippen LogP contribution in [0.1, 0.15) is 42.0 Å². The maximum absolute atomic E-state index is 12.3. The molecule has 1 aliphatic heterocycles. The van der Waals surface area contributed by atoms with E-state index in [4.69, 9.17) is 4.52 Å². The molecular weight excluding hydrogens is 296 g/mol. The Balaban J connectivity index is 1.46. The number of hydrogen-bond donors (Lipinski definition) is 1. The molecule has 2 aromatic heterocycles. The number of nitrogens with zero attached hydrogens (tertiary/aromatic N) is 5. The second kappa shape index (κ2) is 7.28. The lowest BCUT2D eigenvalue weighted by atomic mass is 10.0. The Labute approximate surface area is 134 Å². The molecule has 2 aromatic rings. The standard InChI is InChI=1S/C15H20N6O2/c1-2-13-19-14(23-20-13)10-18-11-3-7-21(8-4-11)15(22)12-9-16-5-6-17-12/h5-6,9,11,18H,2-4,7-8,10H2,1H3. The van der Waals surface area contributed by atoms with Crippen LogP contribution in [0.15, 0.2) is 23.1 Å². The van der Waals surface area contributed by atoms with Gasteiger partial charge in [-0.25, -0.2) is 4.98 Å². The molecule has 8 nitrogen and oxygen atoms in total. The van der Waals surface area contributed by atoms with Gasteiger partial charge >= 0.3 is 0 Å². The van der Waals surface area contributed by atoms with Crippen LogP contribution in [0.3, 0.4) is 0 Å². The number of hydrogen-bond acceptors (Lipinski definition) is 7. The Bertz CT molecular complexity index is 636. The molecule has 0 aromatic carbocycles. The van der Waals surface area contributed by atoms with Gasteiger partial charge in [0, 0.05) is 37.9 Å². The van der Waals surface area contributed by atoms with Crippen molar-refractivity contribution in [1.29, 1.82) is 0 Å². The molecule has 3 heterocycles. The first-order valence-electron chi connectivity index (χ1n) is 7.86. The highest BCUT2D eigenvalue weighted by Gasteiger charge is 2.24. The van der Waals surface area contributed by atoms with E-state index < -0.39 is 0 Å². The SMILES string of the molecule is CCc1noc(CNC2CCN(C(=O)c3cnccn3)CC2)n1. The maximum atomic E-state index is 12.3. The summed E-state index contributed by atoms with van der Waals surface area (Å²) in [6.45, 7) is 3.97. The molecule has 0 atom stereocenters. The Morgan fingerprint density at radius 1 is 1.39 bits per heavy atom. The van der Waals surface area contributed by atoms with Crippen molar-refractivity contribution < 1.29 is 9.32 Å². The van der Waals surface area contributed by atoms with Crippen LogP contribution < -0.4 is 5.32 Å². The fourth-order valence-corrected chi connectivity index (χ4v) is 2.60. The molecule has 3 rings (SSSR count). The van der Waals surface area contributed by atoms with E-state index in [2.05, 4.69) is 25.4 Å². The fourth-order valence-electron chi connectivity index (χ4n) is 2.60. The largest absolute Gasteiger partial charge is 0.338 e. The summed E-state index contributed by atoms with van der Waals surface area (Å²) in [7, 11) is 0. The summed E-state index contributed by atoms with van der Waals surface area (Å²) in [5, 5.41) is 7.29. The number of likely N-dealkylation sites (tertiary alicyclic amines) is 1. The molecule has 1 fully saturated rings. The number of carbonyl (C=O) groups excluding carboxylic acids is 1. The molecule has 1 amide bonds. The number of aromatic nitrogens is 4. The number of piperidine rings is 1. The topological polar surface area (TPSA) is 97.0 Å². The van der Waals surface area contributed by atoms with Crippen LogP contribution >= 0.6 is 0 Å². The Kier molecular flexibility index (Phi) is 4.92. The van der Waals surface area contributed by atoms with Gasteiger partial charge in [-0.3, -0.25) is 9.78 Å². The average Bonchev–Trinajstić information content (AvgIpc) is 3.09. The Morgan fingerprint density at radius 2 is 2.22 bits per heavy atom. The van der Waals surface area contributed by atoms with E-state index in [1.54, 1.807) is 6.20 Å². The summed E-state index contributed by atoms with van der Waals surface area (Å²) < 4.78 is 5.16. The van der Waals surface area contributed by atoms with Gasteiger partial charge in [-0.1, -0.05) is 12.1 Å². The van der Waals surface area contributed by atoms with E-state index in [1.165, 1.54) is 12.4 Å². The molecule has 122 valence electrons. The predicted octanol–water partition coefficient (Wildman–Crippen LogP) is 0.816. The molecule has 0 spiro atoms. The monoisotopic (exact) mass is 316 g/mol. The van der Waals surface area contributed by atoms with Crippen LogP contribution in [-0.2, 0) is 13.0 Å². The highest BCUT2D eigenvalue weighted by Crippen LogP contribution is 2.13. The van der Waals surface area contributed by atoms with Gasteiger partial charge in [-0.05, 0) is 12.8 Å². The second-order valence-electron chi connectivity index (χ2n) is 5.50. The van der Waals surface area contributed by atoms with E-state index in [-0.39, 0.29) is 5.91 Å². The number of carbonyl (C=O) groups is 1. The summed E-state index contributed by atoms with van der Waals surface area (Å²) in [4.78, 5) is 26.4. The lowest BCUT2D eigenvalue weighted by molar-refractivity contribution is 0.0697. The first-order valence-corrected chi connectivity index (χ1v) is 7.86. The summed E-state index contributed by atoms with van der Waals surface area (Å²) in [6, 6.07) is 0.345. The Hall–Kier alpha value is -2.35. The number of nitrogens with one attached hydrogen (secondary N) is 1. The third-order valence-corrected chi connectivity index (χ3v) is 3.93. The van der Waals surface area contributed by atoms with Gasteiger partial charge in [0.25, 0.3) is 5.91 Å². The van der Waals surface area contributed by atoms with Gasteiger partial charge in [0.15, 0.2) is 5.82 Å². The molecule has 0 aliphatic carbocycles. The minimum Gasteiger partial charge on any atom is -0.338 e. The van der Waals surface area contributed by atoms with Crippen molar-refractivity contribution in [3.05, 3.63) is 36.0 Å². The first kappa shape index (κ1) is 15.5. The predicted molar refractivity (Wildman–Crippen MR) is 81.5 cm³/mol. The average molecular weight is 316 g/mol. The van der Waals surface area contributed by atoms with Crippen molar-refractivity contribution in [1.82, 2.24) is 30.3 Å². The van der Waals surface area contributed by atoms with Crippen molar-refractivity contribution in [2.45, 2.75) is 38.8 Å². The summed E-state index contributed by atoms with van der Waals surface area (Å²) in [5.41, 5.74) is 0.400. The van der Waals surface area contributed by atoms with Crippen LogP contribution in [0.2, 0.25) is 0 Å². The van der Waals surface area contributed by atoms with Crippen molar-refractivity contribution in [2.75, 3.05) is 13.1 Å². The van der Waals surface area contributed by atoms with Crippen LogP contribution in [0.5, 0.6) is 0 Å². The normalized spacial score (nSPS) is 15.8. The van der Waals surface area contributed by atoms with Gasteiger partial charge in [0.1, 0.15) is 5.69 Å². The molecule has 1 saturated heterocycles. The zero-order valence-corrected chi connectivity index (χ0v) is 13.1. The lowest BCUT2D eigenvalue weighted by Gasteiger charge is -2.32. The van der Waals surface area contributed by atoms with Crippen molar-refractivity contribution in [3.8, 4) is 0 Å². The second-order valence-corrected chi connectivity index (χ2v) is 5.50. The molecule has 1 aliphatic rings. The van der Waals surface area contributed by atoms with E-state index >= 15 is 0 Å². The Morgan fingerprint density at radius 3 is 2.87 bits per heavy atom. The molecule has 0 unspecified atom stereocenters. The molecule has 8 heteroatoms. The van der Waals surface area contributed by atoms with Crippen LogP contribution in [0.25, 0.3) is 0 Å². The van der Waals surface area contributed by atoms with E-state index in [1.807, 2.05) is 11.8 Å². The number of amides is 1.